The molecule has 0 radical (unpaired) electrons. The van der Waals surface area contributed by atoms with E-state index in [1.54, 1.807) is 17.8 Å². The topological polar surface area (TPSA) is 65.0 Å². The second-order valence-electron chi connectivity index (χ2n) is 4.75. The van der Waals surface area contributed by atoms with E-state index < -0.39 is 5.97 Å². The van der Waals surface area contributed by atoms with E-state index in [-0.39, 0.29) is 40.9 Å². The predicted octanol–water partition coefficient (Wildman–Crippen LogP) is 0.344. The number of hydrogen-bond acceptors (Lipinski definition) is 5. The Bertz CT molecular complexity index is 811. The van der Waals surface area contributed by atoms with Crippen LogP contribution in [0.2, 0.25) is 0 Å². The molecular weight excluding hydrogens is 331 g/mol. The molecule has 1 N–H and O–H groups in total. The quantitative estimate of drug-likeness (QED) is 0.677. The maximum absolute atomic E-state index is 11.1. The van der Waals surface area contributed by atoms with Gasteiger partial charge in [0.25, 0.3) is 0 Å². The first-order valence-electron chi connectivity index (χ1n) is 6.99. The second-order valence-corrected chi connectivity index (χ2v) is 5.90. The molecule has 0 unspecified atom stereocenters. The molecule has 3 aromatic rings. The first-order chi connectivity index (χ1) is 11.2. The van der Waals surface area contributed by atoms with Crippen molar-refractivity contribution in [2.24, 2.45) is 0 Å². The molecule has 3 rings (SSSR count). The number of aromatic carboxylic acids is 1. The third-order valence-electron chi connectivity index (χ3n) is 3.12. The van der Waals surface area contributed by atoms with Crippen LogP contribution in [0, 0.1) is 0 Å². The number of nitrogens with zero attached hydrogens (tertiary/aromatic N) is 1. The minimum atomic E-state index is -1.25. The van der Waals surface area contributed by atoms with Gasteiger partial charge in [-0.1, -0.05) is 30.0 Å². The Kier molecular flexibility index (Phi) is 6.87. The zero-order chi connectivity index (χ0) is 16.1. The fourth-order valence-electron chi connectivity index (χ4n) is 2.04. The minimum absolute atomic E-state index is 0. The summed E-state index contributed by atoms with van der Waals surface area (Å²) in [6, 6.07) is 20.8. The summed E-state index contributed by atoms with van der Waals surface area (Å²) < 4.78 is 0. The third-order valence-corrected chi connectivity index (χ3v) is 4.14. The van der Waals surface area contributed by atoms with Crippen LogP contribution < -0.4 is 40.0 Å². The average Bonchev–Trinajstić information content (AvgIpc) is 2.58. The number of anilines is 2. The van der Waals surface area contributed by atoms with Crippen molar-refractivity contribution >= 4 is 29.2 Å². The fourth-order valence-corrected chi connectivity index (χ4v) is 2.87. The summed E-state index contributed by atoms with van der Waals surface area (Å²) in [5, 5.41) is 14.1. The number of carbonyl (C=O) groups is 1. The number of carbonyl (C=O) groups excluding carboxylic acids is 1. The zero-order valence-corrected chi connectivity index (χ0v) is 15.9. The van der Waals surface area contributed by atoms with E-state index in [9.17, 15) is 9.90 Å². The van der Waals surface area contributed by atoms with E-state index in [0.29, 0.717) is 0 Å². The number of carboxylic acid groups (broad SMARTS) is 1. The van der Waals surface area contributed by atoms with Crippen LogP contribution in [0.3, 0.4) is 0 Å². The molecule has 0 saturated heterocycles. The van der Waals surface area contributed by atoms with Gasteiger partial charge in [-0.2, -0.15) is 0 Å². The van der Waals surface area contributed by atoms with Gasteiger partial charge in [-0.25, -0.2) is 4.98 Å². The van der Waals surface area contributed by atoms with Crippen LogP contribution >= 0.6 is 11.8 Å². The average molecular weight is 344 g/mol. The summed E-state index contributed by atoms with van der Waals surface area (Å²) in [6.45, 7) is 0. The van der Waals surface area contributed by atoms with E-state index in [0.717, 1.165) is 15.5 Å². The summed E-state index contributed by atoms with van der Waals surface area (Å²) in [5.41, 5.74) is 0.804. The van der Waals surface area contributed by atoms with Gasteiger partial charge >= 0.3 is 29.6 Å². The van der Waals surface area contributed by atoms with Crippen molar-refractivity contribution in [2.75, 3.05) is 5.32 Å². The van der Waals surface area contributed by atoms with Crippen molar-refractivity contribution in [3.05, 3.63) is 78.5 Å². The van der Waals surface area contributed by atoms with Crippen LogP contribution in [0.1, 0.15) is 10.4 Å². The summed E-state index contributed by atoms with van der Waals surface area (Å²) in [6.07, 6.45) is 1.54. The minimum Gasteiger partial charge on any atom is -0.545 e. The SMILES string of the molecule is O=C([O-])c1cccnc1Nc1ccc(Sc2ccccc2)cc1.[Na+]. The molecule has 1 heterocycles. The third kappa shape index (κ3) is 4.85. The van der Waals surface area contributed by atoms with E-state index >= 15 is 0 Å². The summed E-state index contributed by atoms with van der Waals surface area (Å²) >= 11 is 1.66. The molecular formula is C18H13N2NaO2S. The number of hydrogen-bond donors (Lipinski definition) is 1. The van der Waals surface area contributed by atoms with Crippen LogP contribution in [-0.4, -0.2) is 11.0 Å². The molecule has 4 nitrogen and oxygen atoms in total. The Morgan fingerprint density at radius 2 is 1.58 bits per heavy atom. The number of aromatic nitrogens is 1. The molecule has 0 fully saturated rings. The van der Waals surface area contributed by atoms with E-state index in [1.165, 1.54) is 12.3 Å². The molecule has 1 aromatic heterocycles. The van der Waals surface area contributed by atoms with Gasteiger partial charge in [0.2, 0.25) is 0 Å². The molecule has 6 heteroatoms. The van der Waals surface area contributed by atoms with Gasteiger partial charge in [0.15, 0.2) is 0 Å². The van der Waals surface area contributed by atoms with Gasteiger partial charge in [0.05, 0.1) is 5.97 Å². The van der Waals surface area contributed by atoms with Gasteiger partial charge in [-0.3, -0.25) is 0 Å². The van der Waals surface area contributed by atoms with Crippen molar-refractivity contribution in [1.82, 2.24) is 4.98 Å². The Morgan fingerprint density at radius 3 is 2.25 bits per heavy atom. The Labute approximate surface area is 166 Å². The maximum atomic E-state index is 11.1. The Balaban J connectivity index is 0.00000208. The summed E-state index contributed by atoms with van der Waals surface area (Å²) in [4.78, 5) is 17.4. The maximum Gasteiger partial charge on any atom is 1.00 e. The molecule has 0 aliphatic heterocycles. The van der Waals surface area contributed by atoms with E-state index in [1.807, 2.05) is 42.5 Å². The predicted molar refractivity (Wildman–Crippen MR) is 88.9 cm³/mol. The molecule has 24 heavy (non-hydrogen) atoms. The molecule has 0 saturated carbocycles. The van der Waals surface area contributed by atoms with Crippen LogP contribution in [-0.2, 0) is 0 Å². The number of pyridine rings is 1. The largest absolute Gasteiger partial charge is 1.00 e. The number of carboxylic acids is 1. The molecule has 0 aliphatic rings. The normalized spacial score (nSPS) is 9.83. The summed E-state index contributed by atoms with van der Waals surface area (Å²) in [5.74, 6) is -0.979. The molecule has 0 amide bonds. The van der Waals surface area contributed by atoms with E-state index in [2.05, 4.69) is 22.4 Å². The van der Waals surface area contributed by atoms with E-state index in [4.69, 9.17) is 0 Å². The van der Waals surface area contributed by atoms with Gasteiger partial charge in [-0.15, -0.1) is 0 Å². The standard InChI is InChI=1S/C18H14N2O2S.Na/c21-18(22)16-7-4-12-19-17(16)20-13-8-10-15(11-9-13)23-14-5-2-1-3-6-14;/h1-12H,(H,19,20)(H,21,22);/q;+1/p-1. The van der Waals surface area contributed by atoms with Gasteiger partial charge < -0.3 is 15.2 Å². The van der Waals surface area contributed by atoms with Gasteiger partial charge in [0.1, 0.15) is 5.82 Å². The zero-order valence-electron chi connectivity index (χ0n) is 13.1. The molecule has 0 aliphatic carbocycles. The fraction of sp³-hybridized carbons (Fsp3) is 0. The molecule has 114 valence electrons. The van der Waals surface area contributed by atoms with Crippen molar-refractivity contribution in [3.63, 3.8) is 0 Å². The monoisotopic (exact) mass is 344 g/mol. The van der Waals surface area contributed by atoms with Gasteiger partial charge in [-0.05, 0) is 48.5 Å². The smallest absolute Gasteiger partial charge is 0.545 e. The van der Waals surface area contributed by atoms with Crippen LogP contribution in [0.5, 0.6) is 0 Å². The second kappa shape index (κ2) is 8.89. The number of rotatable bonds is 5. The van der Waals surface area contributed by atoms with Crippen LogP contribution in [0.15, 0.2) is 82.7 Å². The Morgan fingerprint density at radius 1 is 0.917 bits per heavy atom. The molecule has 2 aromatic carbocycles. The first kappa shape index (κ1) is 18.5. The van der Waals surface area contributed by atoms with Crippen LogP contribution in [0.4, 0.5) is 11.5 Å². The Hall–Kier alpha value is -1.79. The van der Waals surface area contributed by atoms with Crippen LogP contribution in [0.25, 0.3) is 0 Å². The number of nitrogens with one attached hydrogen (secondary N) is 1. The van der Waals surface area contributed by atoms with Crippen molar-refractivity contribution in [2.45, 2.75) is 9.79 Å². The molecule has 0 bridgehead atoms. The molecule has 0 spiro atoms. The van der Waals surface area contributed by atoms with Crippen molar-refractivity contribution in [1.29, 1.82) is 0 Å². The molecule has 0 atom stereocenters. The first-order valence-corrected chi connectivity index (χ1v) is 7.80. The van der Waals surface area contributed by atoms with Crippen molar-refractivity contribution < 1.29 is 39.5 Å². The van der Waals surface area contributed by atoms with Gasteiger partial charge in [0, 0.05) is 27.2 Å². The van der Waals surface area contributed by atoms with Crippen molar-refractivity contribution in [3.8, 4) is 0 Å². The summed E-state index contributed by atoms with van der Waals surface area (Å²) in [7, 11) is 0. The number of benzene rings is 2.